The summed E-state index contributed by atoms with van der Waals surface area (Å²) in [5.74, 6) is 1.59. The normalized spacial score (nSPS) is 26.1. The van der Waals surface area contributed by atoms with E-state index >= 15 is 0 Å². The fourth-order valence-electron chi connectivity index (χ4n) is 2.21. The highest BCUT2D eigenvalue weighted by Gasteiger charge is 2.32. The second kappa shape index (κ2) is 4.13. The van der Waals surface area contributed by atoms with E-state index in [1.54, 1.807) is 0 Å². The van der Waals surface area contributed by atoms with Gasteiger partial charge in [-0.05, 0) is 43.3 Å². The summed E-state index contributed by atoms with van der Waals surface area (Å²) in [7, 11) is 1.99. The van der Waals surface area contributed by atoms with Gasteiger partial charge in [0.2, 0.25) is 0 Å². The Morgan fingerprint density at radius 2 is 2.43 bits per heavy atom. The number of nitrogens with zero attached hydrogens (tertiary/aromatic N) is 2. The van der Waals surface area contributed by atoms with Crippen LogP contribution in [0.25, 0.3) is 0 Å². The summed E-state index contributed by atoms with van der Waals surface area (Å²) in [6, 6.07) is 0. The Bertz CT molecular complexity index is 292. The van der Waals surface area contributed by atoms with Gasteiger partial charge >= 0.3 is 0 Å². The van der Waals surface area contributed by atoms with Gasteiger partial charge in [-0.3, -0.25) is 4.68 Å². The van der Waals surface area contributed by atoms with Crippen LogP contribution in [-0.2, 0) is 7.05 Å². The lowest BCUT2D eigenvalue weighted by Crippen LogP contribution is -2.33. The Kier molecular flexibility index (Phi) is 2.87. The van der Waals surface area contributed by atoms with Crippen LogP contribution in [0, 0.1) is 5.92 Å². The Morgan fingerprint density at radius 3 is 2.93 bits per heavy atom. The van der Waals surface area contributed by atoms with E-state index < -0.39 is 0 Å². The monoisotopic (exact) mass is 193 g/mol. The maximum Gasteiger partial charge on any atom is 0.0524 e. The van der Waals surface area contributed by atoms with Gasteiger partial charge in [-0.1, -0.05) is 6.92 Å². The van der Waals surface area contributed by atoms with Crippen LogP contribution < -0.4 is 5.32 Å². The molecule has 3 nitrogen and oxygen atoms in total. The van der Waals surface area contributed by atoms with Crippen LogP contribution in [0.15, 0.2) is 12.4 Å². The number of aromatic nitrogens is 2. The molecule has 1 aromatic rings. The lowest BCUT2D eigenvalue weighted by molar-refractivity contribution is 0.247. The van der Waals surface area contributed by atoms with Crippen molar-refractivity contribution < 1.29 is 0 Å². The molecule has 1 fully saturated rings. The molecule has 1 N–H and O–H groups in total. The van der Waals surface area contributed by atoms with Gasteiger partial charge in [0.1, 0.15) is 0 Å². The molecule has 0 bridgehead atoms. The first-order valence-corrected chi connectivity index (χ1v) is 5.50. The van der Waals surface area contributed by atoms with Gasteiger partial charge in [0, 0.05) is 13.2 Å². The third-order valence-corrected chi connectivity index (χ3v) is 3.23. The number of hydrogen-bond donors (Lipinski definition) is 1. The predicted molar refractivity (Wildman–Crippen MR) is 57.2 cm³/mol. The zero-order valence-corrected chi connectivity index (χ0v) is 9.03. The van der Waals surface area contributed by atoms with Crippen molar-refractivity contribution in [3.63, 3.8) is 0 Å². The molecular weight excluding hydrogens is 174 g/mol. The number of rotatable bonds is 4. The summed E-state index contributed by atoms with van der Waals surface area (Å²) in [4.78, 5) is 0. The van der Waals surface area contributed by atoms with Crippen molar-refractivity contribution in [2.45, 2.75) is 25.7 Å². The van der Waals surface area contributed by atoms with Crippen molar-refractivity contribution >= 4 is 0 Å². The Labute approximate surface area is 85.5 Å². The van der Waals surface area contributed by atoms with Crippen LogP contribution in [0.5, 0.6) is 0 Å². The molecule has 2 rings (SSSR count). The third kappa shape index (κ3) is 1.82. The zero-order chi connectivity index (χ0) is 9.97. The molecule has 0 saturated heterocycles. The zero-order valence-electron chi connectivity index (χ0n) is 9.03. The SMILES string of the molecule is CCNCC1CCC1c1cnn(C)c1. The molecule has 0 radical (unpaired) electrons. The number of aryl methyl sites for hydroxylation is 1. The van der Waals surface area contributed by atoms with Crippen LogP contribution in [-0.4, -0.2) is 22.9 Å². The Balaban J connectivity index is 1.92. The first kappa shape index (κ1) is 9.71. The van der Waals surface area contributed by atoms with Crippen LogP contribution in [0.1, 0.15) is 31.2 Å². The number of hydrogen-bond acceptors (Lipinski definition) is 2. The van der Waals surface area contributed by atoms with Crippen molar-refractivity contribution in [1.29, 1.82) is 0 Å². The van der Waals surface area contributed by atoms with Gasteiger partial charge in [0.25, 0.3) is 0 Å². The molecule has 0 aromatic carbocycles. The Morgan fingerprint density at radius 1 is 1.57 bits per heavy atom. The molecule has 2 unspecified atom stereocenters. The first-order valence-electron chi connectivity index (χ1n) is 5.50. The maximum absolute atomic E-state index is 4.23. The maximum atomic E-state index is 4.23. The highest BCUT2D eigenvalue weighted by atomic mass is 15.2. The van der Waals surface area contributed by atoms with Crippen LogP contribution >= 0.6 is 0 Å². The van der Waals surface area contributed by atoms with Crippen molar-refractivity contribution in [2.75, 3.05) is 13.1 Å². The number of nitrogens with one attached hydrogen (secondary N) is 1. The summed E-state index contributed by atoms with van der Waals surface area (Å²) < 4.78 is 1.90. The molecule has 14 heavy (non-hydrogen) atoms. The molecule has 0 aliphatic heterocycles. The molecule has 78 valence electrons. The molecule has 2 atom stereocenters. The smallest absolute Gasteiger partial charge is 0.0524 e. The van der Waals surface area contributed by atoms with Crippen molar-refractivity contribution in [3.05, 3.63) is 18.0 Å². The van der Waals surface area contributed by atoms with E-state index in [9.17, 15) is 0 Å². The molecule has 3 heteroatoms. The quantitative estimate of drug-likeness (QED) is 0.785. The summed E-state index contributed by atoms with van der Waals surface area (Å²) in [6.07, 6.45) is 6.87. The van der Waals surface area contributed by atoms with E-state index in [1.165, 1.54) is 18.4 Å². The van der Waals surface area contributed by atoms with E-state index in [0.717, 1.165) is 24.9 Å². The molecule has 1 saturated carbocycles. The highest BCUT2D eigenvalue weighted by molar-refractivity contribution is 5.16. The van der Waals surface area contributed by atoms with Crippen molar-refractivity contribution in [1.82, 2.24) is 15.1 Å². The largest absolute Gasteiger partial charge is 0.317 e. The van der Waals surface area contributed by atoms with Gasteiger partial charge in [-0.2, -0.15) is 5.10 Å². The van der Waals surface area contributed by atoms with Crippen molar-refractivity contribution in [2.24, 2.45) is 13.0 Å². The van der Waals surface area contributed by atoms with Crippen LogP contribution in [0.3, 0.4) is 0 Å². The Hall–Kier alpha value is -0.830. The minimum Gasteiger partial charge on any atom is -0.317 e. The molecular formula is C11H19N3. The standard InChI is InChI=1S/C11H19N3/c1-3-12-6-9-4-5-11(9)10-7-13-14(2)8-10/h7-9,11-12H,3-6H2,1-2H3. The minimum atomic E-state index is 0.753. The lowest BCUT2D eigenvalue weighted by atomic mass is 9.71. The van der Waals surface area contributed by atoms with Gasteiger partial charge in [0.05, 0.1) is 6.20 Å². The van der Waals surface area contributed by atoms with Gasteiger partial charge in [0.15, 0.2) is 0 Å². The molecule has 1 aliphatic carbocycles. The van der Waals surface area contributed by atoms with Crippen LogP contribution in [0.2, 0.25) is 0 Å². The van der Waals surface area contributed by atoms with Gasteiger partial charge in [-0.25, -0.2) is 0 Å². The third-order valence-electron chi connectivity index (χ3n) is 3.23. The highest BCUT2D eigenvalue weighted by Crippen LogP contribution is 2.41. The molecule has 0 amide bonds. The molecule has 0 spiro atoms. The average Bonchev–Trinajstić information content (AvgIpc) is 2.51. The molecule has 1 heterocycles. The summed E-state index contributed by atoms with van der Waals surface area (Å²) in [5.41, 5.74) is 1.42. The second-order valence-corrected chi connectivity index (χ2v) is 4.20. The topological polar surface area (TPSA) is 29.9 Å². The first-order chi connectivity index (χ1) is 6.81. The van der Waals surface area contributed by atoms with Crippen molar-refractivity contribution in [3.8, 4) is 0 Å². The summed E-state index contributed by atoms with van der Waals surface area (Å²) >= 11 is 0. The van der Waals surface area contributed by atoms with E-state index in [1.807, 2.05) is 17.9 Å². The van der Waals surface area contributed by atoms with E-state index in [0.29, 0.717) is 0 Å². The minimum absolute atomic E-state index is 0.753. The fraction of sp³-hybridized carbons (Fsp3) is 0.727. The summed E-state index contributed by atoms with van der Waals surface area (Å²) in [5, 5.41) is 7.66. The van der Waals surface area contributed by atoms with E-state index in [4.69, 9.17) is 0 Å². The lowest BCUT2D eigenvalue weighted by Gasteiger charge is -2.36. The predicted octanol–water partition coefficient (Wildman–Crippen LogP) is 1.52. The van der Waals surface area contributed by atoms with Crippen LogP contribution in [0.4, 0.5) is 0 Å². The van der Waals surface area contributed by atoms with Gasteiger partial charge in [-0.15, -0.1) is 0 Å². The van der Waals surface area contributed by atoms with E-state index in [2.05, 4.69) is 23.5 Å². The van der Waals surface area contributed by atoms with Gasteiger partial charge < -0.3 is 5.32 Å². The second-order valence-electron chi connectivity index (χ2n) is 4.20. The summed E-state index contributed by atoms with van der Waals surface area (Å²) in [6.45, 7) is 4.41. The fourth-order valence-corrected chi connectivity index (χ4v) is 2.21. The molecule has 1 aromatic heterocycles. The average molecular weight is 193 g/mol. The van der Waals surface area contributed by atoms with E-state index in [-0.39, 0.29) is 0 Å². The molecule has 1 aliphatic rings.